The van der Waals surface area contributed by atoms with Crippen LogP contribution in [0.1, 0.15) is 156 Å². The van der Waals surface area contributed by atoms with Gasteiger partial charge in [-0.2, -0.15) is 0 Å². The van der Waals surface area contributed by atoms with Crippen LogP contribution in [0, 0.1) is 0 Å². The zero-order valence-corrected chi connectivity index (χ0v) is 37.6. The highest BCUT2D eigenvalue weighted by Crippen LogP contribution is 2.11. The molecule has 0 radical (unpaired) electrons. The second-order valence-corrected chi connectivity index (χ2v) is 14.3. The summed E-state index contributed by atoms with van der Waals surface area (Å²) in [4.78, 5) is 37.7. The highest BCUT2D eigenvalue weighted by molar-refractivity contribution is 5.71. The third-order valence-electron chi connectivity index (χ3n) is 8.76. The van der Waals surface area contributed by atoms with Crippen LogP contribution in [0.3, 0.4) is 0 Å². The lowest BCUT2D eigenvalue weighted by Crippen LogP contribution is -2.30. The van der Waals surface area contributed by atoms with E-state index >= 15 is 0 Å². The Kier molecular flexibility index (Phi) is 43.3. The average molecular weight is 825 g/mol. The summed E-state index contributed by atoms with van der Waals surface area (Å²) in [5, 5.41) is 0. The molecule has 0 spiro atoms. The van der Waals surface area contributed by atoms with Crippen molar-refractivity contribution in [3.8, 4) is 0 Å². The van der Waals surface area contributed by atoms with Crippen LogP contribution in [0.25, 0.3) is 0 Å². The van der Waals surface area contributed by atoms with Gasteiger partial charge in [0.05, 0.1) is 0 Å². The van der Waals surface area contributed by atoms with Crippen LogP contribution in [-0.4, -0.2) is 37.2 Å². The van der Waals surface area contributed by atoms with Crippen LogP contribution in [0.4, 0.5) is 0 Å². The van der Waals surface area contributed by atoms with Gasteiger partial charge in [-0.25, -0.2) is 0 Å². The number of carbonyl (C=O) groups excluding carboxylic acids is 3. The summed E-state index contributed by atoms with van der Waals surface area (Å²) in [7, 11) is 0. The molecule has 0 amide bonds. The molecule has 1 unspecified atom stereocenters. The van der Waals surface area contributed by atoms with Crippen molar-refractivity contribution in [3.63, 3.8) is 0 Å². The second-order valence-electron chi connectivity index (χ2n) is 14.3. The summed E-state index contributed by atoms with van der Waals surface area (Å²) in [6.07, 6.45) is 66.9. The van der Waals surface area contributed by atoms with E-state index in [2.05, 4.69) is 93.7 Å². The largest absolute Gasteiger partial charge is 0.462 e. The molecule has 0 N–H and O–H groups in total. The third-order valence-corrected chi connectivity index (χ3v) is 8.76. The number of hydrogen-bond acceptors (Lipinski definition) is 6. The molecule has 0 aromatic rings. The normalized spacial score (nSPS) is 13.4. The van der Waals surface area contributed by atoms with E-state index in [1.165, 1.54) is 0 Å². The van der Waals surface area contributed by atoms with E-state index < -0.39 is 6.10 Å². The van der Waals surface area contributed by atoms with Crippen LogP contribution in [-0.2, 0) is 28.6 Å². The summed E-state index contributed by atoms with van der Waals surface area (Å²) >= 11 is 0. The van der Waals surface area contributed by atoms with Crippen molar-refractivity contribution in [2.45, 2.75) is 162 Å². The van der Waals surface area contributed by atoms with Gasteiger partial charge in [-0.1, -0.05) is 186 Å². The maximum Gasteiger partial charge on any atom is 0.306 e. The van der Waals surface area contributed by atoms with E-state index in [-0.39, 0.29) is 44.0 Å². The number of ether oxygens (including phenoxy) is 3. The number of carbonyl (C=O) groups is 3. The lowest BCUT2D eigenvalue weighted by molar-refractivity contribution is -0.167. The fourth-order valence-electron chi connectivity index (χ4n) is 5.42. The Hall–Kier alpha value is -4.71. The molecule has 0 fully saturated rings. The lowest BCUT2D eigenvalue weighted by Gasteiger charge is -2.18. The standard InChI is InChI=1S/C54H80O6/c1-4-7-10-13-16-19-21-23-25-26-27-28-29-31-32-35-38-41-44-47-53(56)59-50-51(49-58-52(55)46-43-40-37-34-18-15-12-9-6-3)60-54(57)48-45-42-39-36-33-30-24-22-20-17-14-11-8-5-2/h7-13,16-21,23-32,34,51H,4-6,14-15,22,33,35-50H2,1-3H3/b10-7-,11-8-,12-9-,16-13-,20-17-,21-19-,25-23-,27-26+,29-28-,30-24-,32-31-,34-18-. The molecule has 0 saturated heterocycles. The molecule has 0 aliphatic rings. The third kappa shape index (κ3) is 44.4. The summed E-state index contributed by atoms with van der Waals surface area (Å²) < 4.78 is 16.6. The zero-order chi connectivity index (χ0) is 43.7. The van der Waals surface area contributed by atoms with Crippen LogP contribution >= 0.6 is 0 Å². The van der Waals surface area contributed by atoms with E-state index in [0.717, 1.165) is 103 Å². The first-order valence-electron chi connectivity index (χ1n) is 22.9. The summed E-state index contributed by atoms with van der Waals surface area (Å²) in [6.45, 7) is 6.12. The molecule has 0 heterocycles. The van der Waals surface area contributed by atoms with Crippen molar-refractivity contribution in [1.82, 2.24) is 0 Å². The van der Waals surface area contributed by atoms with E-state index in [9.17, 15) is 14.4 Å². The minimum absolute atomic E-state index is 0.127. The van der Waals surface area contributed by atoms with Crippen LogP contribution in [0.5, 0.6) is 0 Å². The smallest absolute Gasteiger partial charge is 0.306 e. The topological polar surface area (TPSA) is 78.9 Å². The molecule has 0 rings (SSSR count). The Morgan fingerprint density at radius 2 is 0.683 bits per heavy atom. The lowest BCUT2D eigenvalue weighted by atomic mass is 10.1. The van der Waals surface area contributed by atoms with Crippen molar-refractivity contribution in [3.05, 3.63) is 146 Å². The fourth-order valence-corrected chi connectivity index (χ4v) is 5.42. The average Bonchev–Trinajstić information content (AvgIpc) is 3.24. The first kappa shape index (κ1) is 55.3. The van der Waals surface area contributed by atoms with Crippen LogP contribution in [0.15, 0.2) is 146 Å². The van der Waals surface area contributed by atoms with E-state index in [1.807, 2.05) is 72.9 Å². The van der Waals surface area contributed by atoms with Gasteiger partial charge in [0, 0.05) is 19.3 Å². The molecular formula is C54H80O6. The molecule has 332 valence electrons. The quantitative estimate of drug-likeness (QED) is 0.0203. The van der Waals surface area contributed by atoms with Crippen molar-refractivity contribution < 1.29 is 28.6 Å². The Bertz CT molecular complexity index is 1410. The molecule has 0 saturated carbocycles. The molecule has 0 bridgehead atoms. The van der Waals surface area contributed by atoms with Crippen LogP contribution < -0.4 is 0 Å². The summed E-state index contributed by atoms with van der Waals surface area (Å²) in [6, 6.07) is 0. The number of hydrogen-bond donors (Lipinski definition) is 0. The Balaban J connectivity index is 4.56. The molecule has 0 aliphatic carbocycles. The Morgan fingerprint density at radius 3 is 1.17 bits per heavy atom. The Morgan fingerprint density at radius 1 is 0.350 bits per heavy atom. The predicted molar refractivity (Wildman–Crippen MR) is 255 cm³/mol. The van der Waals surface area contributed by atoms with Crippen LogP contribution in [0.2, 0.25) is 0 Å². The highest BCUT2D eigenvalue weighted by Gasteiger charge is 2.19. The summed E-state index contributed by atoms with van der Waals surface area (Å²) in [5.41, 5.74) is 0. The Labute approximate surface area is 366 Å². The monoisotopic (exact) mass is 825 g/mol. The van der Waals surface area contributed by atoms with Gasteiger partial charge in [0.1, 0.15) is 13.2 Å². The first-order chi connectivity index (χ1) is 29.5. The van der Waals surface area contributed by atoms with Crippen molar-refractivity contribution in [2.24, 2.45) is 0 Å². The van der Waals surface area contributed by atoms with Gasteiger partial charge < -0.3 is 14.2 Å². The van der Waals surface area contributed by atoms with Gasteiger partial charge in [-0.05, 0) is 96.3 Å². The fraction of sp³-hybridized carbons (Fsp3) is 0.500. The molecule has 60 heavy (non-hydrogen) atoms. The first-order valence-corrected chi connectivity index (χ1v) is 22.9. The number of unbranched alkanes of at least 4 members (excludes halogenated alkanes) is 9. The van der Waals surface area contributed by atoms with E-state index in [4.69, 9.17) is 14.2 Å². The SMILES string of the molecule is CC\C=C/C=C\C=C/C=C\C=C\C=C/C=C\CCCCCC(=O)OCC(COC(=O)CCCC/C=C\C/C=C\CC)OC(=O)CCCCCC/C=C\C/C=C\C/C=C\CC. The maximum absolute atomic E-state index is 12.7. The van der Waals surface area contributed by atoms with E-state index in [0.29, 0.717) is 19.3 Å². The number of allylic oxidation sites excluding steroid dienone is 24. The highest BCUT2D eigenvalue weighted by atomic mass is 16.6. The van der Waals surface area contributed by atoms with Gasteiger partial charge >= 0.3 is 17.9 Å². The number of esters is 3. The van der Waals surface area contributed by atoms with Gasteiger partial charge in [0.2, 0.25) is 0 Å². The van der Waals surface area contributed by atoms with Gasteiger partial charge in [-0.3, -0.25) is 14.4 Å². The van der Waals surface area contributed by atoms with E-state index in [1.54, 1.807) is 0 Å². The van der Waals surface area contributed by atoms with Crippen molar-refractivity contribution >= 4 is 17.9 Å². The summed E-state index contributed by atoms with van der Waals surface area (Å²) in [5.74, 6) is -1.05. The molecule has 6 heteroatoms. The minimum atomic E-state index is -0.826. The molecule has 1 atom stereocenters. The maximum atomic E-state index is 12.7. The molecule has 6 nitrogen and oxygen atoms in total. The molecule has 0 aliphatic heterocycles. The van der Waals surface area contributed by atoms with Gasteiger partial charge in [0.25, 0.3) is 0 Å². The molecular weight excluding hydrogens is 745 g/mol. The van der Waals surface area contributed by atoms with Crippen molar-refractivity contribution in [1.29, 1.82) is 0 Å². The zero-order valence-electron chi connectivity index (χ0n) is 37.6. The second kappa shape index (κ2) is 47.0. The molecule has 0 aromatic heterocycles. The minimum Gasteiger partial charge on any atom is -0.462 e. The van der Waals surface area contributed by atoms with Gasteiger partial charge in [0.15, 0.2) is 6.10 Å². The predicted octanol–water partition coefficient (Wildman–Crippen LogP) is 14.9. The number of rotatable bonds is 38. The van der Waals surface area contributed by atoms with Crippen molar-refractivity contribution in [2.75, 3.05) is 13.2 Å². The molecule has 0 aromatic carbocycles. The van der Waals surface area contributed by atoms with Gasteiger partial charge in [-0.15, -0.1) is 0 Å².